The van der Waals surface area contributed by atoms with E-state index in [-0.39, 0.29) is 13.0 Å². The molecule has 3 N–H and O–H groups in total. The molecule has 1 aliphatic rings. The van der Waals surface area contributed by atoms with E-state index in [4.69, 9.17) is 5.11 Å². The molecule has 0 saturated carbocycles. The third-order valence-corrected chi connectivity index (χ3v) is 3.07. The number of urea groups is 1. The van der Waals surface area contributed by atoms with E-state index in [9.17, 15) is 14.7 Å². The number of likely N-dealkylation sites (tertiary alicyclic amines) is 1. The molecule has 102 valence electrons. The minimum atomic E-state index is -1.12. The Morgan fingerprint density at radius 3 is 2.89 bits per heavy atom. The summed E-state index contributed by atoms with van der Waals surface area (Å²) < 4.78 is 0. The van der Waals surface area contributed by atoms with Gasteiger partial charge in [0.25, 0.3) is 0 Å². The summed E-state index contributed by atoms with van der Waals surface area (Å²) in [6.45, 7) is 1.76. The first-order chi connectivity index (χ1) is 8.99. The average Bonchev–Trinajstić information content (AvgIpc) is 2.74. The molecule has 0 radical (unpaired) electrons. The number of aryl methyl sites for hydroxylation is 1. The number of amides is 2. The van der Waals surface area contributed by atoms with E-state index in [1.807, 2.05) is 0 Å². The molecular weight excluding hydrogens is 250 g/mol. The predicted molar refractivity (Wildman–Crippen MR) is 66.7 cm³/mol. The first-order valence-corrected chi connectivity index (χ1v) is 5.89. The van der Waals surface area contributed by atoms with Crippen LogP contribution in [0.4, 0.5) is 10.5 Å². The van der Waals surface area contributed by atoms with Crippen LogP contribution in [0.5, 0.6) is 0 Å². The summed E-state index contributed by atoms with van der Waals surface area (Å²) in [6.07, 6.45) is 0.848. The third kappa shape index (κ3) is 2.82. The highest BCUT2D eigenvalue weighted by Gasteiger charge is 2.39. The van der Waals surface area contributed by atoms with Gasteiger partial charge in [-0.05, 0) is 19.1 Å². The van der Waals surface area contributed by atoms with E-state index >= 15 is 0 Å². The second-order valence-electron chi connectivity index (χ2n) is 4.46. The van der Waals surface area contributed by atoms with Crippen LogP contribution in [0.1, 0.15) is 12.1 Å². The summed E-state index contributed by atoms with van der Waals surface area (Å²) in [5, 5.41) is 21.1. The summed E-state index contributed by atoms with van der Waals surface area (Å²) in [7, 11) is 0. The summed E-state index contributed by atoms with van der Waals surface area (Å²) in [5.41, 5.74) is 1.17. The van der Waals surface area contributed by atoms with E-state index in [0.717, 1.165) is 4.90 Å². The number of aliphatic carboxylic acids is 1. The number of pyridine rings is 1. The Morgan fingerprint density at radius 1 is 1.53 bits per heavy atom. The molecule has 2 rings (SSSR count). The van der Waals surface area contributed by atoms with E-state index in [1.165, 1.54) is 0 Å². The van der Waals surface area contributed by atoms with E-state index in [1.54, 1.807) is 25.3 Å². The van der Waals surface area contributed by atoms with Gasteiger partial charge in [0.05, 0.1) is 17.5 Å². The van der Waals surface area contributed by atoms with Crippen molar-refractivity contribution in [2.24, 2.45) is 0 Å². The van der Waals surface area contributed by atoms with Crippen LogP contribution in [-0.2, 0) is 4.79 Å². The van der Waals surface area contributed by atoms with Crippen molar-refractivity contribution in [2.45, 2.75) is 25.5 Å². The van der Waals surface area contributed by atoms with Gasteiger partial charge in [0, 0.05) is 19.2 Å². The maximum Gasteiger partial charge on any atom is 0.326 e. The molecule has 1 fully saturated rings. The predicted octanol–water partition coefficient (Wildman–Crippen LogP) is 0.442. The lowest BCUT2D eigenvalue weighted by molar-refractivity contribution is -0.141. The molecule has 19 heavy (non-hydrogen) atoms. The number of nitrogens with zero attached hydrogens (tertiary/aromatic N) is 2. The summed E-state index contributed by atoms with van der Waals surface area (Å²) in [5.74, 6) is -1.12. The molecule has 0 aromatic carbocycles. The third-order valence-electron chi connectivity index (χ3n) is 3.07. The van der Waals surface area contributed by atoms with Crippen molar-refractivity contribution in [3.8, 4) is 0 Å². The number of aromatic nitrogens is 1. The lowest BCUT2D eigenvalue weighted by Crippen LogP contribution is -2.43. The lowest BCUT2D eigenvalue weighted by Gasteiger charge is -2.21. The number of carbonyl (C=O) groups excluding carboxylic acids is 1. The van der Waals surface area contributed by atoms with Crippen molar-refractivity contribution in [3.05, 3.63) is 24.0 Å². The topological polar surface area (TPSA) is 103 Å². The van der Waals surface area contributed by atoms with Crippen LogP contribution in [0, 0.1) is 6.92 Å². The van der Waals surface area contributed by atoms with Crippen molar-refractivity contribution in [2.75, 3.05) is 11.9 Å². The van der Waals surface area contributed by atoms with E-state index in [0.29, 0.717) is 11.4 Å². The first kappa shape index (κ1) is 13.3. The Labute approximate surface area is 109 Å². The van der Waals surface area contributed by atoms with Gasteiger partial charge >= 0.3 is 12.0 Å². The monoisotopic (exact) mass is 265 g/mol. The minimum absolute atomic E-state index is 0.0160. The van der Waals surface area contributed by atoms with Crippen molar-refractivity contribution < 1.29 is 19.8 Å². The summed E-state index contributed by atoms with van der Waals surface area (Å²) in [6, 6.07) is 1.82. The van der Waals surface area contributed by atoms with Gasteiger partial charge < -0.3 is 20.4 Å². The highest BCUT2D eigenvalue weighted by molar-refractivity contribution is 5.93. The smallest absolute Gasteiger partial charge is 0.326 e. The van der Waals surface area contributed by atoms with Crippen LogP contribution in [0.25, 0.3) is 0 Å². The molecule has 1 aliphatic heterocycles. The maximum atomic E-state index is 12.0. The second kappa shape index (κ2) is 5.23. The number of carbonyl (C=O) groups is 2. The standard InChI is InChI=1S/C12H15N3O4/c1-7-9(3-2-4-13-7)14-12(19)15-6-8(16)5-10(15)11(17)18/h2-4,8,10,16H,5-6H2,1H3,(H,14,19)(H,17,18). The molecule has 7 heteroatoms. The van der Waals surface area contributed by atoms with Crippen LogP contribution in [0.2, 0.25) is 0 Å². The van der Waals surface area contributed by atoms with Gasteiger partial charge in [-0.1, -0.05) is 0 Å². The number of rotatable bonds is 2. The van der Waals surface area contributed by atoms with Gasteiger partial charge in [-0.3, -0.25) is 4.98 Å². The fraction of sp³-hybridized carbons (Fsp3) is 0.417. The van der Waals surface area contributed by atoms with Gasteiger partial charge in [-0.15, -0.1) is 0 Å². The number of anilines is 1. The van der Waals surface area contributed by atoms with Gasteiger partial charge in [-0.2, -0.15) is 0 Å². The average molecular weight is 265 g/mol. The van der Waals surface area contributed by atoms with Gasteiger partial charge in [0.1, 0.15) is 6.04 Å². The highest BCUT2D eigenvalue weighted by Crippen LogP contribution is 2.20. The largest absolute Gasteiger partial charge is 0.480 e. The zero-order chi connectivity index (χ0) is 14.0. The Balaban J connectivity index is 2.11. The number of nitrogens with one attached hydrogen (secondary N) is 1. The molecule has 0 spiro atoms. The normalized spacial score (nSPS) is 22.3. The zero-order valence-electron chi connectivity index (χ0n) is 10.4. The number of hydrogen-bond donors (Lipinski definition) is 3. The SMILES string of the molecule is Cc1ncccc1NC(=O)N1CC(O)CC1C(=O)O. The summed E-state index contributed by atoms with van der Waals surface area (Å²) >= 11 is 0. The molecular formula is C12H15N3O4. The molecule has 2 heterocycles. The molecule has 2 unspecified atom stereocenters. The van der Waals surface area contributed by atoms with Crippen LogP contribution in [0.15, 0.2) is 18.3 Å². The number of hydrogen-bond acceptors (Lipinski definition) is 4. The highest BCUT2D eigenvalue weighted by atomic mass is 16.4. The Hall–Kier alpha value is -2.15. The van der Waals surface area contributed by atoms with Crippen molar-refractivity contribution in [3.63, 3.8) is 0 Å². The van der Waals surface area contributed by atoms with E-state index < -0.39 is 24.1 Å². The number of carboxylic acids is 1. The quantitative estimate of drug-likeness (QED) is 0.720. The van der Waals surface area contributed by atoms with Crippen LogP contribution in [0.3, 0.4) is 0 Å². The molecule has 2 atom stereocenters. The molecule has 1 saturated heterocycles. The molecule has 1 aromatic rings. The van der Waals surface area contributed by atoms with Crippen LogP contribution >= 0.6 is 0 Å². The van der Waals surface area contributed by atoms with Crippen LogP contribution in [-0.4, -0.2) is 50.8 Å². The number of carboxylic acid groups (broad SMARTS) is 1. The Kier molecular flexibility index (Phi) is 3.66. The fourth-order valence-corrected chi connectivity index (χ4v) is 2.08. The van der Waals surface area contributed by atoms with E-state index in [2.05, 4.69) is 10.3 Å². The molecule has 0 aliphatic carbocycles. The number of β-amino-alcohol motifs (C(OH)–C–C–N with tert-alkyl or cyclic N) is 1. The number of aliphatic hydroxyl groups excluding tert-OH is 1. The van der Waals surface area contributed by atoms with Crippen molar-refractivity contribution in [1.82, 2.24) is 9.88 Å². The molecule has 7 nitrogen and oxygen atoms in total. The molecule has 2 amide bonds. The first-order valence-electron chi connectivity index (χ1n) is 5.89. The van der Waals surface area contributed by atoms with Crippen molar-refractivity contribution in [1.29, 1.82) is 0 Å². The second-order valence-corrected chi connectivity index (χ2v) is 4.46. The summed E-state index contributed by atoms with van der Waals surface area (Å²) in [4.78, 5) is 28.2. The Morgan fingerprint density at radius 2 is 2.26 bits per heavy atom. The van der Waals surface area contributed by atoms with Gasteiger partial charge in [0.2, 0.25) is 0 Å². The molecule has 1 aromatic heterocycles. The van der Waals surface area contributed by atoms with Gasteiger partial charge in [-0.25, -0.2) is 9.59 Å². The zero-order valence-corrected chi connectivity index (χ0v) is 10.4. The van der Waals surface area contributed by atoms with Crippen LogP contribution < -0.4 is 5.32 Å². The van der Waals surface area contributed by atoms with Crippen molar-refractivity contribution >= 4 is 17.7 Å². The fourth-order valence-electron chi connectivity index (χ4n) is 2.08. The molecule has 0 bridgehead atoms. The lowest BCUT2D eigenvalue weighted by atomic mass is 10.2. The van der Waals surface area contributed by atoms with Gasteiger partial charge in [0.15, 0.2) is 0 Å². The minimum Gasteiger partial charge on any atom is -0.480 e. The maximum absolute atomic E-state index is 12.0. The number of aliphatic hydroxyl groups is 1. The Bertz CT molecular complexity index is 506.